The van der Waals surface area contributed by atoms with Crippen LogP contribution < -0.4 is 15.4 Å². The third kappa shape index (κ3) is 3.39. The molecule has 6 heteroatoms. The van der Waals surface area contributed by atoms with Crippen LogP contribution >= 0.6 is 12.2 Å². The predicted molar refractivity (Wildman–Crippen MR) is 74.9 cm³/mol. The van der Waals surface area contributed by atoms with Crippen molar-refractivity contribution in [1.82, 2.24) is 9.97 Å². The number of methoxy groups -OCH3 is 1. The molecule has 0 saturated heterocycles. The lowest BCUT2D eigenvalue weighted by molar-refractivity contribution is 0.415. The first-order chi connectivity index (χ1) is 8.78. The SMILES string of the molecule is COc1ccc(NC(=S)Nc2cnccn2)cc1. The van der Waals surface area contributed by atoms with Crippen molar-refractivity contribution in [3.05, 3.63) is 42.9 Å². The van der Waals surface area contributed by atoms with E-state index in [1.165, 1.54) is 0 Å². The molecule has 1 heterocycles. The summed E-state index contributed by atoms with van der Waals surface area (Å²) in [6.45, 7) is 0. The first kappa shape index (κ1) is 12.3. The highest BCUT2D eigenvalue weighted by Gasteiger charge is 1.99. The van der Waals surface area contributed by atoms with E-state index < -0.39 is 0 Å². The minimum atomic E-state index is 0.459. The van der Waals surface area contributed by atoms with E-state index in [9.17, 15) is 0 Å². The predicted octanol–water partition coefficient (Wildman–Crippen LogP) is 2.29. The van der Waals surface area contributed by atoms with Gasteiger partial charge in [-0.2, -0.15) is 0 Å². The standard InChI is InChI=1S/C12H12N4OS/c1-17-10-4-2-9(3-5-10)15-12(18)16-11-8-13-6-7-14-11/h2-8H,1H3,(H2,14,15,16,18). The molecule has 0 radical (unpaired) electrons. The highest BCUT2D eigenvalue weighted by atomic mass is 32.1. The molecule has 2 rings (SSSR count). The van der Waals surface area contributed by atoms with E-state index in [0.717, 1.165) is 11.4 Å². The Kier molecular flexibility index (Phi) is 4.03. The number of benzene rings is 1. The quantitative estimate of drug-likeness (QED) is 0.826. The van der Waals surface area contributed by atoms with Crippen LogP contribution in [0, 0.1) is 0 Å². The molecule has 1 aromatic carbocycles. The van der Waals surface area contributed by atoms with Gasteiger partial charge in [-0.3, -0.25) is 4.98 Å². The number of nitrogens with one attached hydrogen (secondary N) is 2. The van der Waals surface area contributed by atoms with E-state index in [1.54, 1.807) is 25.7 Å². The molecule has 0 unspecified atom stereocenters. The number of nitrogens with zero attached hydrogens (tertiary/aromatic N) is 2. The van der Waals surface area contributed by atoms with Gasteiger partial charge < -0.3 is 15.4 Å². The average Bonchev–Trinajstić information content (AvgIpc) is 2.40. The zero-order valence-electron chi connectivity index (χ0n) is 9.75. The monoisotopic (exact) mass is 260 g/mol. The van der Waals surface area contributed by atoms with Crippen LogP contribution in [-0.2, 0) is 0 Å². The first-order valence-corrected chi connectivity index (χ1v) is 5.67. The van der Waals surface area contributed by atoms with Crippen molar-refractivity contribution in [2.75, 3.05) is 17.7 Å². The fourth-order valence-electron chi connectivity index (χ4n) is 1.32. The van der Waals surface area contributed by atoms with Gasteiger partial charge in [0, 0.05) is 18.1 Å². The van der Waals surface area contributed by atoms with Crippen molar-refractivity contribution >= 4 is 28.8 Å². The maximum Gasteiger partial charge on any atom is 0.176 e. The van der Waals surface area contributed by atoms with Gasteiger partial charge in [-0.1, -0.05) is 0 Å². The number of ether oxygens (including phenoxy) is 1. The van der Waals surface area contributed by atoms with Crippen LogP contribution in [0.3, 0.4) is 0 Å². The largest absolute Gasteiger partial charge is 0.497 e. The third-order valence-corrected chi connectivity index (χ3v) is 2.36. The molecule has 92 valence electrons. The Morgan fingerprint density at radius 2 is 1.94 bits per heavy atom. The molecule has 0 saturated carbocycles. The zero-order valence-corrected chi connectivity index (χ0v) is 10.6. The van der Waals surface area contributed by atoms with Crippen LogP contribution in [0.1, 0.15) is 0 Å². The van der Waals surface area contributed by atoms with Crippen molar-refractivity contribution in [1.29, 1.82) is 0 Å². The van der Waals surface area contributed by atoms with Crippen LogP contribution in [-0.4, -0.2) is 22.2 Å². The maximum atomic E-state index is 5.16. The van der Waals surface area contributed by atoms with Gasteiger partial charge in [0.2, 0.25) is 0 Å². The Balaban J connectivity index is 1.94. The maximum absolute atomic E-state index is 5.16. The smallest absolute Gasteiger partial charge is 0.176 e. The third-order valence-electron chi connectivity index (χ3n) is 2.15. The van der Waals surface area contributed by atoms with Gasteiger partial charge in [0.25, 0.3) is 0 Å². The Labute approximate surface area is 110 Å². The molecular weight excluding hydrogens is 248 g/mol. The van der Waals surface area contributed by atoms with E-state index in [-0.39, 0.29) is 0 Å². The summed E-state index contributed by atoms with van der Waals surface area (Å²) >= 11 is 5.16. The molecule has 1 aromatic heterocycles. The van der Waals surface area contributed by atoms with E-state index >= 15 is 0 Å². The minimum Gasteiger partial charge on any atom is -0.497 e. The summed E-state index contributed by atoms with van der Waals surface area (Å²) in [5, 5.41) is 6.43. The molecule has 0 bridgehead atoms. The molecule has 18 heavy (non-hydrogen) atoms. The van der Waals surface area contributed by atoms with Crippen LogP contribution in [0.4, 0.5) is 11.5 Å². The average molecular weight is 260 g/mol. The van der Waals surface area contributed by atoms with Crippen molar-refractivity contribution in [2.45, 2.75) is 0 Å². The number of rotatable bonds is 3. The van der Waals surface area contributed by atoms with Crippen molar-refractivity contribution in [3.63, 3.8) is 0 Å². The zero-order chi connectivity index (χ0) is 12.8. The lowest BCUT2D eigenvalue weighted by atomic mass is 10.3. The molecule has 2 N–H and O–H groups in total. The summed E-state index contributed by atoms with van der Waals surface area (Å²) in [5.74, 6) is 1.40. The summed E-state index contributed by atoms with van der Waals surface area (Å²) in [7, 11) is 1.63. The molecule has 0 aliphatic rings. The fraction of sp³-hybridized carbons (Fsp3) is 0.0833. The van der Waals surface area contributed by atoms with E-state index in [0.29, 0.717) is 10.9 Å². The van der Waals surface area contributed by atoms with Gasteiger partial charge in [-0.15, -0.1) is 0 Å². The highest BCUT2D eigenvalue weighted by Crippen LogP contribution is 2.15. The van der Waals surface area contributed by atoms with Gasteiger partial charge in [0.15, 0.2) is 10.9 Å². The second-order valence-corrected chi connectivity index (χ2v) is 3.81. The molecule has 5 nitrogen and oxygen atoms in total. The van der Waals surface area contributed by atoms with Gasteiger partial charge in [0.05, 0.1) is 13.3 Å². The summed E-state index contributed by atoms with van der Waals surface area (Å²) in [6, 6.07) is 7.47. The molecule has 0 aliphatic heterocycles. The number of hydrogen-bond donors (Lipinski definition) is 2. The Morgan fingerprint density at radius 3 is 2.56 bits per heavy atom. The minimum absolute atomic E-state index is 0.459. The van der Waals surface area contributed by atoms with E-state index in [1.807, 2.05) is 24.3 Å². The van der Waals surface area contributed by atoms with Crippen LogP contribution in [0.15, 0.2) is 42.9 Å². The van der Waals surface area contributed by atoms with Gasteiger partial charge in [-0.05, 0) is 36.5 Å². The number of hydrogen-bond acceptors (Lipinski definition) is 4. The van der Waals surface area contributed by atoms with Crippen molar-refractivity contribution in [2.24, 2.45) is 0 Å². The summed E-state index contributed by atoms with van der Waals surface area (Å²) < 4.78 is 5.08. The number of thiocarbonyl (C=S) groups is 1. The normalized spacial score (nSPS) is 9.61. The van der Waals surface area contributed by atoms with E-state index in [2.05, 4.69) is 20.6 Å². The first-order valence-electron chi connectivity index (χ1n) is 5.26. The Hall–Kier alpha value is -2.21. The summed E-state index contributed by atoms with van der Waals surface area (Å²) in [5.41, 5.74) is 0.872. The summed E-state index contributed by atoms with van der Waals surface area (Å²) in [4.78, 5) is 8.01. The molecule has 0 amide bonds. The fourth-order valence-corrected chi connectivity index (χ4v) is 1.54. The van der Waals surface area contributed by atoms with Crippen LogP contribution in [0.2, 0.25) is 0 Å². The van der Waals surface area contributed by atoms with Crippen LogP contribution in [0.5, 0.6) is 5.75 Å². The second kappa shape index (κ2) is 5.92. The van der Waals surface area contributed by atoms with Crippen molar-refractivity contribution < 1.29 is 4.74 Å². The summed E-state index contributed by atoms with van der Waals surface area (Å²) in [6.07, 6.45) is 4.80. The van der Waals surface area contributed by atoms with E-state index in [4.69, 9.17) is 17.0 Å². The topological polar surface area (TPSA) is 59.1 Å². The Morgan fingerprint density at radius 1 is 1.17 bits per heavy atom. The second-order valence-electron chi connectivity index (χ2n) is 3.40. The van der Waals surface area contributed by atoms with Gasteiger partial charge >= 0.3 is 0 Å². The van der Waals surface area contributed by atoms with Gasteiger partial charge in [-0.25, -0.2) is 4.98 Å². The molecule has 0 fully saturated rings. The van der Waals surface area contributed by atoms with Gasteiger partial charge in [0.1, 0.15) is 5.75 Å². The number of anilines is 2. The van der Waals surface area contributed by atoms with Crippen LogP contribution in [0.25, 0.3) is 0 Å². The molecular formula is C12H12N4OS. The lowest BCUT2D eigenvalue weighted by Gasteiger charge is -2.09. The Bertz CT molecular complexity index is 515. The molecule has 2 aromatic rings. The highest BCUT2D eigenvalue weighted by molar-refractivity contribution is 7.80. The lowest BCUT2D eigenvalue weighted by Crippen LogP contribution is -2.19. The van der Waals surface area contributed by atoms with Crippen molar-refractivity contribution in [3.8, 4) is 5.75 Å². The molecule has 0 atom stereocenters. The number of aromatic nitrogens is 2. The molecule has 0 aliphatic carbocycles. The molecule has 0 spiro atoms.